The molecule has 0 unspecified atom stereocenters. The van der Waals surface area contributed by atoms with Crippen molar-refractivity contribution >= 4 is 39.6 Å². The van der Waals surface area contributed by atoms with Gasteiger partial charge in [-0.25, -0.2) is 0 Å². The van der Waals surface area contributed by atoms with Gasteiger partial charge < -0.3 is 9.40 Å². The number of benzene rings is 4. The fourth-order valence-electron chi connectivity index (χ4n) is 6.11. The number of pyridine rings is 2. The van der Waals surface area contributed by atoms with Crippen LogP contribution in [0.2, 0.25) is 17.3 Å². The Hall–Kier alpha value is -3.83. The van der Waals surface area contributed by atoms with Crippen LogP contribution in [0.15, 0.2) is 120 Å². The zero-order chi connectivity index (χ0) is 33.8. The second-order valence-electron chi connectivity index (χ2n) is 14.3. The smallest absolute Gasteiger partial charge is 0.121 e. The van der Waals surface area contributed by atoms with Gasteiger partial charge in [0.25, 0.3) is 0 Å². The number of nitrogens with zero attached hydrogens (tertiary/aromatic N) is 2. The van der Waals surface area contributed by atoms with Gasteiger partial charge in [0.15, 0.2) is 0 Å². The molecule has 0 aliphatic carbocycles. The van der Waals surface area contributed by atoms with Crippen LogP contribution in [-0.2, 0) is 26.5 Å². The van der Waals surface area contributed by atoms with Crippen molar-refractivity contribution in [1.29, 1.82) is 0 Å². The molecular weight excluding hydrogens is 837 g/mol. The number of rotatable bonds is 7. The van der Waals surface area contributed by atoms with Crippen molar-refractivity contribution in [3.8, 4) is 33.6 Å². The summed E-state index contributed by atoms with van der Waals surface area (Å²) in [5.74, 6) is 8.46. The van der Waals surface area contributed by atoms with Gasteiger partial charge in [-0.3, -0.25) is 0 Å². The van der Waals surface area contributed by atoms with Crippen molar-refractivity contribution in [3.63, 3.8) is 0 Å². The summed E-state index contributed by atoms with van der Waals surface area (Å²) >= 11 is -1.86. The molecule has 0 fully saturated rings. The second-order valence-corrected chi connectivity index (χ2v) is 24.9. The van der Waals surface area contributed by atoms with E-state index in [1.807, 2.05) is 36.5 Å². The molecular formula is C44H44GeIrN2O-2. The topological polar surface area (TPSA) is 38.9 Å². The molecule has 0 atom stereocenters. The van der Waals surface area contributed by atoms with E-state index in [4.69, 9.17) is 9.40 Å². The van der Waals surface area contributed by atoms with E-state index >= 15 is 0 Å². The molecule has 7 rings (SSSR count). The predicted molar refractivity (Wildman–Crippen MR) is 205 cm³/mol. The molecule has 3 nitrogen and oxygen atoms in total. The van der Waals surface area contributed by atoms with Gasteiger partial charge in [-0.15, -0.1) is 23.8 Å². The molecule has 4 aromatic carbocycles. The van der Waals surface area contributed by atoms with Gasteiger partial charge in [0.1, 0.15) is 5.58 Å². The standard InChI is InChI=1S/C26H20NO.C18H24GeN.Ir/c1-17(2)19-12-13-27-24(15-19)21-9-11-25-23(14-21)22-10-8-20(16-26(22)28-25)18-6-4-3-5-7-18;1-14(2)11-16-12-18(15-9-7-6-8-10-15)20-13-17(16)19(3,4)5;/h3-8,10-17H,1-2H3;6-9,12-14H,11H2,1-5H3;/q2*-1;. The molecule has 0 bridgehead atoms. The van der Waals surface area contributed by atoms with Crippen LogP contribution < -0.4 is 4.40 Å². The van der Waals surface area contributed by atoms with Crippen LogP contribution in [0, 0.1) is 18.1 Å². The molecule has 0 spiro atoms. The van der Waals surface area contributed by atoms with Gasteiger partial charge in [-0.1, -0.05) is 73.3 Å². The summed E-state index contributed by atoms with van der Waals surface area (Å²) < 4.78 is 7.66. The molecule has 0 aliphatic rings. The third-order valence-electron chi connectivity index (χ3n) is 8.65. The van der Waals surface area contributed by atoms with Gasteiger partial charge in [-0.2, -0.15) is 0 Å². The van der Waals surface area contributed by atoms with Gasteiger partial charge in [0, 0.05) is 31.7 Å². The average molecular weight is 882 g/mol. The Balaban J connectivity index is 0.000000199. The Morgan fingerprint density at radius 3 is 2.14 bits per heavy atom. The summed E-state index contributed by atoms with van der Waals surface area (Å²) in [6.07, 6.45) is 5.15. The van der Waals surface area contributed by atoms with Crippen LogP contribution in [-0.4, -0.2) is 23.2 Å². The number of hydrogen-bond acceptors (Lipinski definition) is 3. The van der Waals surface area contributed by atoms with Crippen LogP contribution in [0.25, 0.3) is 55.6 Å². The maximum absolute atomic E-state index is 6.12. The van der Waals surface area contributed by atoms with E-state index in [0.717, 1.165) is 56.4 Å². The molecule has 3 heterocycles. The summed E-state index contributed by atoms with van der Waals surface area (Å²) in [4.78, 5) is 9.25. The van der Waals surface area contributed by atoms with Crippen molar-refractivity contribution in [2.75, 3.05) is 0 Å². The quantitative estimate of drug-likeness (QED) is 0.118. The first-order chi connectivity index (χ1) is 23.1. The van der Waals surface area contributed by atoms with Crippen LogP contribution in [0.3, 0.4) is 0 Å². The van der Waals surface area contributed by atoms with E-state index < -0.39 is 13.3 Å². The SMILES string of the molecule is CC(C)Cc1cc(-c2[c-]cccc2)nc[c]1[Ge]([CH3])([CH3])[CH3].CC(C)c1ccnc(-c2[c-]cc3oc4cc(-c5ccccc5)ccc4c3c2)c1.[Ir]. The molecule has 251 valence electrons. The van der Waals surface area contributed by atoms with Crippen LogP contribution in [0.5, 0.6) is 0 Å². The number of furan rings is 1. The minimum atomic E-state index is -1.86. The Labute approximate surface area is 307 Å². The number of fused-ring (bicyclic) bond motifs is 3. The maximum atomic E-state index is 6.12. The summed E-state index contributed by atoms with van der Waals surface area (Å²) in [6.45, 7) is 8.96. The van der Waals surface area contributed by atoms with Crippen molar-refractivity contribution in [3.05, 3.63) is 139 Å². The molecule has 7 aromatic rings. The zero-order valence-electron chi connectivity index (χ0n) is 29.5. The first kappa shape index (κ1) is 36.5. The molecule has 0 saturated carbocycles. The monoisotopic (exact) mass is 883 g/mol. The van der Waals surface area contributed by atoms with E-state index in [-0.39, 0.29) is 20.1 Å². The van der Waals surface area contributed by atoms with Crippen molar-refractivity contribution < 1.29 is 24.5 Å². The van der Waals surface area contributed by atoms with Crippen LogP contribution >= 0.6 is 0 Å². The fourth-order valence-corrected chi connectivity index (χ4v) is 9.45. The van der Waals surface area contributed by atoms with E-state index in [1.54, 1.807) is 4.40 Å². The van der Waals surface area contributed by atoms with Gasteiger partial charge >= 0.3 is 126 Å². The van der Waals surface area contributed by atoms with E-state index in [9.17, 15) is 0 Å². The van der Waals surface area contributed by atoms with E-state index in [1.165, 1.54) is 16.7 Å². The van der Waals surface area contributed by atoms with Crippen molar-refractivity contribution in [2.24, 2.45) is 5.92 Å². The third kappa shape index (κ3) is 8.67. The Bertz CT molecular complexity index is 2150. The first-order valence-electron chi connectivity index (χ1n) is 16.9. The molecule has 0 saturated heterocycles. The first-order valence-corrected chi connectivity index (χ1v) is 24.3. The molecule has 0 N–H and O–H groups in total. The Morgan fingerprint density at radius 2 is 1.45 bits per heavy atom. The molecule has 49 heavy (non-hydrogen) atoms. The molecule has 1 radical (unpaired) electrons. The largest absolute Gasteiger partial charge is 0.500 e. The maximum Gasteiger partial charge on any atom is 0.121 e. The number of hydrogen-bond donors (Lipinski definition) is 0. The van der Waals surface area contributed by atoms with E-state index in [2.05, 4.69) is 141 Å². The van der Waals surface area contributed by atoms with Gasteiger partial charge in [0.2, 0.25) is 0 Å². The minimum absolute atomic E-state index is 0. The summed E-state index contributed by atoms with van der Waals surface area (Å²) in [7, 11) is 0. The molecule has 3 aromatic heterocycles. The molecule has 0 aliphatic heterocycles. The summed E-state index contributed by atoms with van der Waals surface area (Å²) in [5.41, 5.74) is 10.9. The number of aromatic nitrogens is 2. The predicted octanol–water partition coefficient (Wildman–Crippen LogP) is 11.5. The van der Waals surface area contributed by atoms with Crippen LogP contribution in [0.1, 0.15) is 44.7 Å². The Kier molecular flexibility index (Phi) is 11.8. The van der Waals surface area contributed by atoms with Crippen molar-refractivity contribution in [1.82, 2.24) is 9.97 Å². The zero-order valence-corrected chi connectivity index (χ0v) is 34.0. The summed E-state index contributed by atoms with van der Waals surface area (Å²) in [6, 6.07) is 42.1. The van der Waals surface area contributed by atoms with Gasteiger partial charge in [-0.05, 0) is 34.9 Å². The fraction of sp³-hybridized carbons (Fsp3) is 0.227. The van der Waals surface area contributed by atoms with Crippen LogP contribution in [0.4, 0.5) is 0 Å². The minimum Gasteiger partial charge on any atom is -0.500 e. The third-order valence-corrected chi connectivity index (χ3v) is 13.0. The van der Waals surface area contributed by atoms with Gasteiger partial charge in [0.05, 0.1) is 5.58 Å². The normalized spacial score (nSPS) is 11.4. The second kappa shape index (κ2) is 15.8. The Morgan fingerprint density at radius 1 is 0.694 bits per heavy atom. The molecule has 5 heteroatoms. The molecule has 0 amide bonds. The van der Waals surface area contributed by atoms with E-state index in [0.29, 0.717) is 11.8 Å². The summed E-state index contributed by atoms with van der Waals surface area (Å²) in [5, 5.41) is 2.21. The average Bonchev–Trinajstić information content (AvgIpc) is 3.46. The van der Waals surface area contributed by atoms with Crippen molar-refractivity contribution in [2.45, 2.75) is 57.3 Å².